The number of hydrogen-bond acceptors (Lipinski definition) is 4. The molecule has 7 heteroatoms. The zero-order valence-corrected chi connectivity index (χ0v) is 13.0. The molecule has 1 rings (SSSR count). The van der Waals surface area contributed by atoms with Gasteiger partial charge in [0, 0.05) is 0 Å². The Kier molecular flexibility index (Phi) is 6.29. The first-order valence-corrected chi connectivity index (χ1v) is 8.32. The van der Waals surface area contributed by atoms with Crippen molar-refractivity contribution in [1.82, 2.24) is 0 Å². The summed E-state index contributed by atoms with van der Waals surface area (Å²) in [6.07, 6.45) is 3.70. The molecule has 2 N–H and O–H groups in total. The molecular weight excluding hydrogens is 297 g/mol. The highest BCUT2D eigenvalue weighted by atomic mass is 32.2. The average Bonchev–Trinajstić information content (AvgIpc) is 2.36. The molecule has 0 heterocycles. The van der Waals surface area contributed by atoms with E-state index in [-0.39, 0.29) is 17.1 Å². The maximum Gasteiger partial charge on any atom is 0.341 e. The minimum atomic E-state index is -4.01. The van der Waals surface area contributed by atoms with E-state index >= 15 is 0 Å². The number of carbonyl (C=O) groups excluding carboxylic acids is 1. The molecule has 1 aromatic rings. The third-order valence-electron chi connectivity index (χ3n) is 3.02. The Balaban J connectivity index is 2.85. The van der Waals surface area contributed by atoms with Gasteiger partial charge in [0.1, 0.15) is 5.82 Å². The summed E-state index contributed by atoms with van der Waals surface area (Å²) in [5.41, 5.74) is -0.269. The van der Waals surface area contributed by atoms with Gasteiger partial charge in [0.05, 0.1) is 17.1 Å². The molecule has 1 aromatic carbocycles. The van der Waals surface area contributed by atoms with Gasteiger partial charge in [-0.3, -0.25) is 0 Å². The summed E-state index contributed by atoms with van der Waals surface area (Å²) < 4.78 is 41.5. The van der Waals surface area contributed by atoms with Crippen LogP contribution in [0.1, 0.15) is 48.5 Å². The molecule has 0 aliphatic rings. The Hall–Kier alpha value is -1.47. The fourth-order valence-electron chi connectivity index (χ4n) is 1.89. The predicted octanol–water partition coefficient (Wildman–Crippen LogP) is 2.52. The van der Waals surface area contributed by atoms with Crippen molar-refractivity contribution < 1.29 is 22.3 Å². The first-order chi connectivity index (χ1) is 9.77. The molecular formula is C14H20FNO4S. The number of rotatable bonds is 7. The zero-order valence-electron chi connectivity index (χ0n) is 12.2. The normalized spacial score (nSPS) is 11.4. The quantitative estimate of drug-likeness (QED) is 0.618. The second-order valence-corrected chi connectivity index (χ2v) is 6.37. The number of hydrogen-bond donors (Lipinski definition) is 1. The molecule has 0 saturated carbocycles. The number of ether oxygens (including phenoxy) is 1. The van der Waals surface area contributed by atoms with Gasteiger partial charge in [-0.25, -0.2) is 22.7 Å². The van der Waals surface area contributed by atoms with E-state index in [1.165, 1.54) is 6.92 Å². The number of carbonyl (C=O) groups is 1. The average molecular weight is 317 g/mol. The van der Waals surface area contributed by atoms with Crippen molar-refractivity contribution >= 4 is 16.0 Å². The van der Waals surface area contributed by atoms with Crippen molar-refractivity contribution in [2.45, 2.75) is 44.4 Å². The van der Waals surface area contributed by atoms with Crippen molar-refractivity contribution in [1.29, 1.82) is 0 Å². The largest absolute Gasteiger partial charge is 0.462 e. The maximum atomic E-state index is 13.8. The molecule has 0 atom stereocenters. The van der Waals surface area contributed by atoms with Gasteiger partial charge in [0.25, 0.3) is 0 Å². The Bertz CT molecular complexity index is 614. The van der Waals surface area contributed by atoms with Crippen molar-refractivity contribution in [3.63, 3.8) is 0 Å². The first kappa shape index (κ1) is 17.6. The summed E-state index contributed by atoms with van der Waals surface area (Å²) in [4.78, 5) is 11.5. The maximum absolute atomic E-state index is 13.8. The minimum Gasteiger partial charge on any atom is -0.462 e. The first-order valence-electron chi connectivity index (χ1n) is 6.77. The van der Waals surface area contributed by atoms with Gasteiger partial charge >= 0.3 is 5.97 Å². The fourth-order valence-corrected chi connectivity index (χ4v) is 2.68. The number of nitrogens with two attached hydrogens (primary N) is 1. The Morgan fingerprint density at radius 2 is 1.95 bits per heavy atom. The number of primary sulfonamides is 1. The van der Waals surface area contributed by atoms with E-state index in [1.807, 2.05) is 0 Å². The van der Waals surface area contributed by atoms with E-state index in [9.17, 15) is 17.6 Å². The number of sulfonamides is 1. The molecule has 0 aliphatic heterocycles. The van der Waals surface area contributed by atoms with Gasteiger partial charge in [-0.1, -0.05) is 26.2 Å². The highest BCUT2D eigenvalue weighted by molar-refractivity contribution is 7.89. The summed E-state index contributed by atoms with van der Waals surface area (Å²) in [6.45, 7) is 3.64. The van der Waals surface area contributed by atoms with Gasteiger partial charge in [-0.05, 0) is 31.0 Å². The number of aryl methyl sites for hydroxylation is 1. The number of unbranched alkanes of at least 4 members (excludes halogenated alkanes) is 3. The summed E-state index contributed by atoms with van der Waals surface area (Å²) in [5.74, 6) is -1.70. The van der Waals surface area contributed by atoms with Gasteiger partial charge in [-0.15, -0.1) is 0 Å². The van der Waals surface area contributed by atoms with Crippen LogP contribution in [0, 0.1) is 12.7 Å². The van der Waals surface area contributed by atoms with Crippen molar-refractivity contribution in [2.24, 2.45) is 5.14 Å². The van der Waals surface area contributed by atoms with E-state index < -0.39 is 27.4 Å². The molecule has 0 unspecified atom stereocenters. The second-order valence-electron chi connectivity index (χ2n) is 4.84. The van der Waals surface area contributed by atoms with Crippen molar-refractivity contribution in [3.8, 4) is 0 Å². The van der Waals surface area contributed by atoms with E-state index in [2.05, 4.69) is 6.92 Å². The van der Waals surface area contributed by atoms with E-state index in [1.54, 1.807) is 0 Å². The topological polar surface area (TPSA) is 86.5 Å². The smallest absolute Gasteiger partial charge is 0.341 e. The minimum absolute atomic E-state index is 0.148. The van der Waals surface area contributed by atoms with Gasteiger partial charge in [0.2, 0.25) is 10.0 Å². The monoisotopic (exact) mass is 317 g/mol. The van der Waals surface area contributed by atoms with Crippen LogP contribution in [0.25, 0.3) is 0 Å². The second kappa shape index (κ2) is 7.51. The summed E-state index contributed by atoms with van der Waals surface area (Å²) in [6, 6.07) is 1.89. The molecule has 0 aliphatic carbocycles. The molecule has 0 fully saturated rings. The Labute approximate surface area is 124 Å². The lowest BCUT2D eigenvalue weighted by atomic mass is 10.1. The van der Waals surface area contributed by atoms with E-state index in [0.29, 0.717) is 6.42 Å². The van der Waals surface area contributed by atoms with Crippen LogP contribution in [-0.2, 0) is 14.8 Å². The van der Waals surface area contributed by atoms with Crippen LogP contribution >= 0.6 is 0 Å². The highest BCUT2D eigenvalue weighted by Gasteiger charge is 2.20. The standard InChI is InChI=1S/C14H20FNO4S/c1-3-4-5-6-7-20-14(17)11-9-13(21(16,18)19)10(2)8-12(11)15/h8-9H,3-7H2,1-2H3,(H2,16,18,19). The molecule has 0 aromatic heterocycles. The lowest BCUT2D eigenvalue weighted by molar-refractivity contribution is 0.0492. The number of halogens is 1. The van der Waals surface area contributed by atoms with Crippen LogP contribution in [-0.4, -0.2) is 21.0 Å². The van der Waals surface area contributed by atoms with Crippen LogP contribution < -0.4 is 5.14 Å². The molecule has 0 bridgehead atoms. The molecule has 21 heavy (non-hydrogen) atoms. The predicted molar refractivity (Wildman–Crippen MR) is 76.9 cm³/mol. The third kappa shape index (κ3) is 5.09. The third-order valence-corrected chi connectivity index (χ3v) is 4.07. The highest BCUT2D eigenvalue weighted by Crippen LogP contribution is 2.20. The molecule has 0 saturated heterocycles. The number of benzene rings is 1. The van der Waals surface area contributed by atoms with Crippen LogP contribution in [0.2, 0.25) is 0 Å². The lowest BCUT2D eigenvalue weighted by Gasteiger charge is -2.09. The van der Waals surface area contributed by atoms with Gasteiger partial charge in [0.15, 0.2) is 0 Å². The van der Waals surface area contributed by atoms with Crippen molar-refractivity contribution in [3.05, 3.63) is 29.1 Å². The lowest BCUT2D eigenvalue weighted by Crippen LogP contribution is -2.16. The molecule has 5 nitrogen and oxygen atoms in total. The van der Waals surface area contributed by atoms with Crippen molar-refractivity contribution in [2.75, 3.05) is 6.61 Å². The van der Waals surface area contributed by atoms with Crippen LogP contribution in [0.3, 0.4) is 0 Å². The van der Waals surface area contributed by atoms with Gasteiger partial charge < -0.3 is 4.74 Å². The Morgan fingerprint density at radius 3 is 2.52 bits per heavy atom. The van der Waals surface area contributed by atoms with E-state index in [0.717, 1.165) is 31.4 Å². The SMILES string of the molecule is CCCCCCOC(=O)c1cc(S(N)(=O)=O)c(C)cc1F. The van der Waals surface area contributed by atoms with Crippen LogP contribution in [0.5, 0.6) is 0 Å². The summed E-state index contributed by atoms with van der Waals surface area (Å²) in [5, 5.41) is 5.03. The molecule has 0 spiro atoms. The van der Waals surface area contributed by atoms with Gasteiger partial charge in [-0.2, -0.15) is 0 Å². The molecule has 0 radical (unpaired) electrons. The van der Waals surface area contributed by atoms with Crippen LogP contribution in [0.15, 0.2) is 17.0 Å². The van der Waals surface area contributed by atoms with Crippen LogP contribution in [0.4, 0.5) is 4.39 Å². The van der Waals surface area contributed by atoms with E-state index in [4.69, 9.17) is 9.88 Å². The molecule has 118 valence electrons. The summed E-state index contributed by atoms with van der Waals surface area (Å²) in [7, 11) is -4.01. The molecule has 0 amide bonds. The summed E-state index contributed by atoms with van der Waals surface area (Å²) >= 11 is 0. The number of esters is 1. The fraction of sp³-hybridized carbons (Fsp3) is 0.500. The zero-order chi connectivity index (χ0) is 16.0. The Morgan fingerprint density at radius 1 is 1.29 bits per heavy atom.